The average Bonchev–Trinajstić information content (AvgIpc) is 2.75. The molecule has 2 aliphatic rings. The molecule has 2 saturated heterocycles. The van der Waals surface area contributed by atoms with E-state index < -0.39 is 16.1 Å². The summed E-state index contributed by atoms with van der Waals surface area (Å²) in [5.41, 5.74) is 3.30. The molecule has 0 saturated carbocycles. The smallest absolute Gasteiger partial charge is 0.0839 e. The van der Waals surface area contributed by atoms with Gasteiger partial charge in [0.05, 0.1) is 23.6 Å². The first kappa shape index (κ1) is 29.6. The molecule has 0 radical (unpaired) electrons. The van der Waals surface area contributed by atoms with Crippen molar-refractivity contribution in [2.24, 2.45) is 0 Å². The summed E-state index contributed by atoms with van der Waals surface area (Å²) in [6.07, 6.45) is 5.24. The molecule has 0 N–H and O–H groups in total. The first-order valence-corrected chi connectivity index (χ1v) is 23.2. The second kappa shape index (κ2) is 10.7. The largest absolute Gasteiger partial charge is 0.147 e. The monoisotopic (exact) mass is 570 g/mol. The summed E-state index contributed by atoms with van der Waals surface area (Å²) in [6, 6.07) is 9.63. The Morgan fingerprint density at radius 2 is 0.912 bits per heavy atom. The molecule has 0 amide bonds. The van der Waals surface area contributed by atoms with Crippen molar-refractivity contribution < 1.29 is 0 Å². The number of thioether (sulfide) groups is 4. The summed E-state index contributed by atoms with van der Waals surface area (Å²) >= 11 is 9.30. The summed E-state index contributed by atoms with van der Waals surface area (Å²) in [5.74, 6) is 5.34. The summed E-state index contributed by atoms with van der Waals surface area (Å²) in [4.78, 5) is 0. The van der Waals surface area contributed by atoms with E-state index in [1.54, 1.807) is 11.1 Å². The van der Waals surface area contributed by atoms with Gasteiger partial charge in [0.2, 0.25) is 0 Å². The van der Waals surface area contributed by atoms with Crippen molar-refractivity contribution in [1.29, 1.82) is 0 Å². The summed E-state index contributed by atoms with van der Waals surface area (Å²) in [7, 11) is -3.15. The topological polar surface area (TPSA) is 0 Å². The van der Waals surface area contributed by atoms with Gasteiger partial charge < -0.3 is 0 Å². The molecule has 0 nitrogen and oxygen atoms in total. The fraction of sp³-hybridized carbons (Fsp3) is 0.786. The van der Waals surface area contributed by atoms with Gasteiger partial charge in [-0.1, -0.05) is 92.0 Å². The van der Waals surface area contributed by atoms with Crippen LogP contribution in [0.4, 0.5) is 0 Å². The Labute approximate surface area is 231 Å². The zero-order valence-corrected chi connectivity index (χ0v) is 28.9. The molecule has 2 heterocycles. The molecular weight excluding hydrogens is 521 g/mol. The standard InChI is InChI=1S/C28H50S4Si2/c1-25(2,3)33(7,8)27(29-17-13-18-30-27)21-23-15-11-12-16-24(23)22-28(31-19-14-20-32-28)34(9,10)26(4,5)6/h11-12,15-16H,13-14,17-22H2,1-10H3. The third-order valence-electron chi connectivity index (χ3n) is 9.54. The van der Waals surface area contributed by atoms with E-state index in [2.05, 4.69) is 139 Å². The molecule has 1 aromatic carbocycles. The highest BCUT2D eigenvalue weighted by atomic mass is 32.2. The molecule has 6 heteroatoms. The Morgan fingerprint density at radius 1 is 0.618 bits per heavy atom. The average molecular weight is 571 g/mol. The van der Waals surface area contributed by atoms with Crippen LogP contribution in [-0.4, -0.2) is 46.6 Å². The molecule has 0 aliphatic carbocycles. The molecule has 2 aliphatic heterocycles. The molecule has 1 aromatic rings. The Hall–Kier alpha value is 1.05. The van der Waals surface area contributed by atoms with Crippen LogP contribution in [0.1, 0.15) is 65.5 Å². The lowest BCUT2D eigenvalue weighted by Crippen LogP contribution is -2.59. The van der Waals surface area contributed by atoms with Gasteiger partial charge in [0.1, 0.15) is 0 Å². The van der Waals surface area contributed by atoms with E-state index in [4.69, 9.17) is 0 Å². The van der Waals surface area contributed by atoms with Crippen molar-refractivity contribution in [3.63, 3.8) is 0 Å². The van der Waals surface area contributed by atoms with Gasteiger partial charge in [0, 0.05) is 0 Å². The van der Waals surface area contributed by atoms with E-state index in [0.717, 1.165) is 0 Å². The van der Waals surface area contributed by atoms with Gasteiger partial charge in [-0.15, -0.1) is 47.0 Å². The van der Waals surface area contributed by atoms with Crippen LogP contribution in [0.5, 0.6) is 0 Å². The highest BCUT2D eigenvalue weighted by molar-refractivity contribution is 8.21. The maximum atomic E-state index is 2.69. The maximum Gasteiger partial charge on any atom is 0.0839 e. The van der Waals surface area contributed by atoms with Crippen LogP contribution < -0.4 is 0 Å². The van der Waals surface area contributed by atoms with Gasteiger partial charge in [0.25, 0.3) is 0 Å². The minimum Gasteiger partial charge on any atom is -0.147 e. The fourth-order valence-electron chi connectivity index (χ4n) is 5.06. The lowest BCUT2D eigenvalue weighted by atomic mass is 10.0. The molecule has 0 unspecified atom stereocenters. The molecule has 0 atom stereocenters. The van der Waals surface area contributed by atoms with Crippen LogP contribution in [0.25, 0.3) is 0 Å². The van der Waals surface area contributed by atoms with Crippen molar-refractivity contribution in [3.05, 3.63) is 35.4 Å². The van der Waals surface area contributed by atoms with Gasteiger partial charge in [-0.25, -0.2) is 0 Å². The van der Waals surface area contributed by atoms with Crippen LogP contribution in [0, 0.1) is 0 Å². The normalized spacial score (nSPS) is 21.9. The van der Waals surface area contributed by atoms with Crippen molar-refractivity contribution in [2.75, 3.05) is 23.0 Å². The molecule has 0 aromatic heterocycles. The maximum absolute atomic E-state index is 2.69. The van der Waals surface area contributed by atoms with Crippen LogP contribution in [0.2, 0.25) is 36.3 Å². The predicted octanol–water partition coefficient (Wildman–Crippen LogP) is 10.00. The fourth-order valence-corrected chi connectivity index (χ4v) is 24.8. The highest BCUT2D eigenvalue weighted by Gasteiger charge is 2.56. The van der Waals surface area contributed by atoms with Crippen LogP contribution in [0.3, 0.4) is 0 Å². The van der Waals surface area contributed by atoms with E-state index in [1.807, 2.05) is 0 Å². The molecule has 0 bridgehead atoms. The number of hydrogen-bond donors (Lipinski definition) is 0. The lowest BCUT2D eigenvalue weighted by Gasteiger charge is -2.54. The summed E-state index contributed by atoms with van der Waals surface area (Å²) in [5, 5.41) is 0.799. The van der Waals surface area contributed by atoms with E-state index in [9.17, 15) is 0 Å². The zero-order chi connectivity index (χ0) is 25.5. The molecule has 0 spiro atoms. The zero-order valence-electron chi connectivity index (χ0n) is 23.6. The third-order valence-corrected chi connectivity index (χ3v) is 34.9. The molecule has 194 valence electrons. The molecular formula is C28H50S4Si2. The quantitative estimate of drug-likeness (QED) is 0.312. The Balaban J connectivity index is 2.04. The lowest BCUT2D eigenvalue weighted by molar-refractivity contribution is 0.694. The summed E-state index contributed by atoms with van der Waals surface area (Å²) < 4.78 is 0.743. The first-order valence-electron chi connectivity index (χ1n) is 13.2. The number of hydrogen-bond acceptors (Lipinski definition) is 4. The van der Waals surface area contributed by atoms with Crippen LogP contribution in [-0.2, 0) is 12.8 Å². The third kappa shape index (κ3) is 5.57. The predicted molar refractivity (Wildman–Crippen MR) is 173 cm³/mol. The second-order valence-corrected chi connectivity index (χ2v) is 32.2. The van der Waals surface area contributed by atoms with Gasteiger partial charge in [0.15, 0.2) is 0 Å². The Bertz CT molecular complexity index is 755. The second-order valence-electron chi connectivity index (χ2n) is 13.5. The number of benzene rings is 1. The van der Waals surface area contributed by atoms with E-state index in [1.165, 1.54) is 48.7 Å². The van der Waals surface area contributed by atoms with E-state index in [0.29, 0.717) is 17.5 Å². The molecule has 34 heavy (non-hydrogen) atoms. The van der Waals surface area contributed by atoms with Crippen molar-refractivity contribution in [1.82, 2.24) is 0 Å². The number of rotatable bonds is 6. The minimum absolute atomic E-state index is 0.372. The Morgan fingerprint density at radius 3 is 1.18 bits per heavy atom. The minimum atomic E-state index is -1.57. The first-order chi connectivity index (χ1) is 15.6. The van der Waals surface area contributed by atoms with Gasteiger partial charge >= 0.3 is 0 Å². The van der Waals surface area contributed by atoms with E-state index in [-0.39, 0.29) is 0 Å². The summed E-state index contributed by atoms with van der Waals surface area (Å²) in [6.45, 7) is 25.9. The SMILES string of the molecule is CC(C)(C)[Si](C)(C)C1(Cc2ccccc2CC2([Si](C)(C)C(C)(C)C)SCCCS2)SCCCS1. The van der Waals surface area contributed by atoms with Crippen molar-refractivity contribution in [3.8, 4) is 0 Å². The van der Waals surface area contributed by atoms with Gasteiger partial charge in [-0.3, -0.25) is 0 Å². The van der Waals surface area contributed by atoms with Gasteiger partial charge in [-0.05, 0) is 69.9 Å². The molecule has 2 fully saturated rings. The van der Waals surface area contributed by atoms with Crippen molar-refractivity contribution >= 4 is 63.2 Å². The van der Waals surface area contributed by atoms with E-state index >= 15 is 0 Å². The Kier molecular flexibility index (Phi) is 9.29. The van der Waals surface area contributed by atoms with Crippen molar-refractivity contribution in [2.45, 2.75) is 111 Å². The van der Waals surface area contributed by atoms with Gasteiger partial charge in [-0.2, -0.15) is 0 Å². The molecule has 3 rings (SSSR count). The highest BCUT2D eigenvalue weighted by Crippen LogP contribution is 2.60. The van der Waals surface area contributed by atoms with Crippen LogP contribution >= 0.6 is 47.0 Å². The van der Waals surface area contributed by atoms with Crippen LogP contribution in [0.15, 0.2) is 24.3 Å².